The summed E-state index contributed by atoms with van der Waals surface area (Å²) in [6, 6.07) is 14.5. The maximum atomic E-state index is 15.5. The molecule has 11 nitrogen and oxygen atoms in total. The van der Waals surface area contributed by atoms with Crippen LogP contribution in [0.1, 0.15) is 73.6 Å². The number of halogens is 2. The molecule has 5 aromatic rings. The number of ether oxygens (including phenoxy) is 3. The normalized spacial score (nSPS) is 13.0. The monoisotopic (exact) mass is 763 g/mol. The van der Waals surface area contributed by atoms with Crippen LogP contribution in [0, 0.1) is 17.0 Å². The Hall–Kier alpha value is -5.37. The number of aldehydes is 1. The largest absolute Gasteiger partial charge is 0.469 e. The zero-order chi connectivity index (χ0) is 39.3. The molecule has 2 aromatic heterocycles. The topological polar surface area (TPSA) is 158 Å². The highest BCUT2D eigenvalue weighted by Crippen LogP contribution is 2.40. The maximum Gasteiger partial charge on any atom is 0.320 e. The Morgan fingerprint density at radius 2 is 1.70 bits per heavy atom. The van der Waals surface area contributed by atoms with Crippen molar-refractivity contribution in [2.45, 2.75) is 58.3 Å². The lowest BCUT2D eigenvalue weighted by atomic mass is 9.74. The zero-order valence-electron chi connectivity index (χ0n) is 30.8. The maximum absolute atomic E-state index is 15.5. The summed E-state index contributed by atoms with van der Waals surface area (Å²) in [5, 5.41) is 0.472. The number of nitrogens with zero attached hydrogens (tertiary/aromatic N) is 1. The van der Waals surface area contributed by atoms with E-state index in [-0.39, 0.29) is 46.6 Å². The Balaban J connectivity index is 1.46. The van der Waals surface area contributed by atoms with Crippen molar-refractivity contribution in [3.8, 4) is 22.9 Å². The van der Waals surface area contributed by atoms with E-state index in [1.54, 1.807) is 18.5 Å². The van der Waals surface area contributed by atoms with Crippen LogP contribution in [0.25, 0.3) is 22.3 Å². The van der Waals surface area contributed by atoms with E-state index >= 15 is 8.78 Å². The number of methoxy groups -OCH3 is 2. The van der Waals surface area contributed by atoms with Gasteiger partial charge in [-0.1, -0.05) is 44.5 Å². The molecule has 0 radical (unpaired) electrons. The summed E-state index contributed by atoms with van der Waals surface area (Å²) in [6.45, 7) is 5.67. The minimum Gasteiger partial charge on any atom is -0.469 e. The first-order valence-corrected chi connectivity index (χ1v) is 19.1. The predicted molar refractivity (Wildman–Crippen MR) is 199 cm³/mol. The summed E-state index contributed by atoms with van der Waals surface area (Å²) in [5.74, 6) is -3.50. The number of hydrogen-bond donors (Lipinski definition) is 2. The summed E-state index contributed by atoms with van der Waals surface area (Å²) in [6.07, 6.45) is 5.89. The van der Waals surface area contributed by atoms with Crippen molar-refractivity contribution in [2.75, 3.05) is 25.7 Å². The number of carbonyl (C=O) groups excluding carboxylic acids is 3. The van der Waals surface area contributed by atoms with Gasteiger partial charge in [-0.05, 0) is 67.0 Å². The second-order valence-electron chi connectivity index (χ2n) is 14.3. The number of carbonyl (C=O) groups is 3. The average Bonchev–Trinajstić information content (AvgIpc) is 3.81. The number of rotatable bonds is 17. The highest BCUT2D eigenvalue weighted by atomic mass is 32.2. The van der Waals surface area contributed by atoms with Crippen LogP contribution in [0.2, 0.25) is 0 Å². The summed E-state index contributed by atoms with van der Waals surface area (Å²) < 4.78 is 71.3. The number of H-pyrrole nitrogens is 2. The van der Waals surface area contributed by atoms with Crippen molar-refractivity contribution >= 4 is 39.0 Å². The van der Waals surface area contributed by atoms with Crippen molar-refractivity contribution < 1.29 is 45.8 Å². The van der Waals surface area contributed by atoms with Gasteiger partial charge in [0.2, 0.25) is 0 Å². The third-order valence-corrected chi connectivity index (χ3v) is 11.5. The summed E-state index contributed by atoms with van der Waals surface area (Å²) in [4.78, 5) is 46.3. The van der Waals surface area contributed by atoms with E-state index in [2.05, 4.69) is 19.7 Å². The fourth-order valence-electron chi connectivity index (χ4n) is 6.74. The number of imidazole rings is 1. The summed E-state index contributed by atoms with van der Waals surface area (Å²) >= 11 is 0. The first-order chi connectivity index (χ1) is 25.6. The fourth-order valence-corrected chi connectivity index (χ4v) is 8.65. The van der Waals surface area contributed by atoms with Gasteiger partial charge in [-0.3, -0.25) is 14.4 Å². The highest BCUT2D eigenvalue weighted by Gasteiger charge is 2.34. The van der Waals surface area contributed by atoms with Crippen LogP contribution in [-0.4, -0.2) is 67.3 Å². The summed E-state index contributed by atoms with van der Waals surface area (Å²) in [5.41, 5.74) is 1.46. The van der Waals surface area contributed by atoms with Crippen LogP contribution in [0.4, 0.5) is 8.78 Å². The zero-order valence-corrected chi connectivity index (χ0v) is 31.6. The molecule has 54 heavy (non-hydrogen) atoms. The van der Waals surface area contributed by atoms with Crippen LogP contribution in [0.5, 0.6) is 11.5 Å². The molecule has 0 aliphatic heterocycles. The quantitative estimate of drug-likeness (QED) is 0.0718. The number of hydrogen-bond acceptors (Lipinski definition) is 9. The molecular weight excluding hydrogens is 721 g/mol. The standard InChI is InChI=1S/C40H43F2N3O8S/c1-39(2,24-54(49,50)23-36(48)52-5)15-7-16-40(3,26-9-6-8-25(18-26)10-13-35(47)51-4)34-21-44-38(45-34)29-19-27(11-12-31(29)41)53-37-30(22-46)28-14-17-43-33(28)20-32(37)42/h6,8-9,11-12,14,17-22,43H,7,10,13,15-16,23-24H2,1-5H3,(H,44,45). The van der Waals surface area contributed by atoms with E-state index in [0.29, 0.717) is 48.6 Å². The lowest BCUT2D eigenvalue weighted by Gasteiger charge is -2.32. The Bertz CT molecular complexity index is 2280. The molecule has 0 spiro atoms. The Morgan fingerprint density at radius 1 is 0.944 bits per heavy atom. The molecule has 3 aromatic carbocycles. The number of aromatic nitrogens is 3. The molecule has 0 fully saturated rings. The van der Waals surface area contributed by atoms with Gasteiger partial charge in [0, 0.05) is 46.9 Å². The number of nitrogens with one attached hydrogen (secondary N) is 2. The third-order valence-electron chi connectivity index (χ3n) is 9.62. The number of aryl methyl sites for hydroxylation is 1. The minimum atomic E-state index is -3.72. The van der Waals surface area contributed by atoms with Crippen molar-refractivity contribution in [3.63, 3.8) is 0 Å². The molecule has 2 N–H and O–H groups in total. The third kappa shape index (κ3) is 9.22. The van der Waals surface area contributed by atoms with Crippen LogP contribution >= 0.6 is 0 Å². The van der Waals surface area contributed by atoms with Crippen molar-refractivity contribution in [1.82, 2.24) is 15.0 Å². The van der Waals surface area contributed by atoms with Crippen molar-refractivity contribution in [3.05, 3.63) is 101 Å². The van der Waals surface area contributed by atoms with E-state index in [0.717, 1.165) is 18.2 Å². The minimum absolute atomic E-state index is 0.00577. The Morgan fingerprint density at radius 3 is 2.43 bits per heavy atom. The molecule has 0 amide bonds. The van der Waals surface area contributed by atoms with Gasteiger partial charge < -0.3 is 24.2 Å². The van der Waals surface area contributed by atoms with Gasteiger partial charge in [0.05, 0.1) is 31.1 Å². The molecule has 0 aliphatic carbocycles. The number of esters is 2. The van der Waals surface area contributed by atoms with Crippen LogP contribution in [0.3, 0.4) is 0 Å². The SMILES string of the molecule is COC(=O)CCc1cccc(C(C)(CCCC(C)(C)CS(=O)(=O)CC(=O)OC)c2cnc(-c3cc(Oc4c(F)cc5[nH]ccc5c4C=O)ccc3F)[nH]2)c1. The smallest absolute Gasteiger partial charge is 0.320 e. The predicted octanol–water partition coefficient (Wildman–Crippen LogP) is 7.64. The molecule has 14 heteroatoms. The van der Waals surface area contributed by atoms with Crippen LogP contribution in [-0.2, 0) is 40.7 Å². The van der Waals surface area contributed by atoms with E-state index in [1.807, 2.05) is 45.0 Å². The molecular formula is C40H43F2N3O8S. The van der Waals surface area contributed by atoms with E-state index in [4.69, 9.17) is 9.47 Å². The second-order valence-corrected chi connectivity index (χ2v) is 16.3. The highest BCUT2D eigenvalue weighted by molar-refractivity contribution is 7.92. The van der Waals surface area contributed by atoms with Crippen LogP contribution in [0.15, 0.2) is 67.0 Å². The second kappa shape index (κ2) is 16.3. The lowest BCUT2D eigenvalue weighted by molar-refractivity contribution is -0.140. The lowest BCUT2D eigenvalue weighted by Crippen LogP contribution is -2.30. The first kappa shape index (κ1) is 39.8. The van der Waals surface area contributed by atoms with Gasteiger partial charge in [-0.25, -0.2) is 22.2 Å². The Labute approximate surface area is 312 Å². The molecule has 0 bridgehead atoms. The molecule has 286 valence electrons. The molecule has 0 saturated carbocycles. The van der Waals surface area contributed by atoms with Crippen LogP contribution < -0.4 is 4.74 Å². The first-order valence-electron chi connectivity index (χ1n) is 17.3. The van der Waals surface area contributed by atoms with Crippen molar-refractivity contribution in [1.29, 1.82) is 0 Å². The molecule has 0 aliphatic rings. The summed E-state index contributed by atoms with van der Waals surface area (Å²) in [7, 11) is -1.25. The number of benzene rings is 3. The Kier molecular flexibility index (Phi) is 12.0. The molecule has 1 unspecified atom stereocenters. The van der Waals surface area contributed by atoms with E-state index in [1.165, 1.54) is 31.4 Å². The van der Waals surface area contributed by atoms with Crippen molar-refractivity contribution in [2.24, 2.45) is 5.41 Å². The molecule has 0 saturated heterocycles. The fraction of sp³-hybridized carbons (Fsp3) is 0.350. The van der Waals surface area contributed by atoms with Gasteiger partial charge in [0.15, 0.2) is 27.7 Å². The number of sulfone groups is 1. The van der Waals surface area contributed by atoms with Gasteiger partial charge in [-0.15, -0.1) is 0 Å². The van der Waals surface area contributed by atoms with E-state index in [9.17, 15) is 22.8 Å². The average molecular weight is 764 g/mol. The number of aromatic amines is 2. The number of fused-ring (bicyclic) bond motifs is 1. The van der Waals surface area contributed by atoms with Gasteiger partial charge in [0.25, 0.3) is 0 Å². The van der Waals surface area contributed by atoms with E-state index < -0.39 is 44.0 Å². The molecule has 2 heterocycles. The van der Waals surface area contributed by atoms with Gasteiger partial charge in [-0.2, -0.15) is 0 Å². The molecule has 5 rings (SSSR count). The van der Waals surface area contributed by atoms with Gasteiger partial charge in [0.1, 0.15) is 23.1 Å². The van der Waals surface area contributed by atoms with Gasteiger partial charge >= 0.3 is 11.9 Å². The molecule has 1 atom stereocenters.